The molecule has 1 aliphatic heterocycles. The summed E-state index contributed by atoms with van der Waals surface area (Å²) in [6, 6.07) is 3.59. The lowest BCUT2D eigenvalue weighted by molar-refractivity contribution is -0.137. The van der Waals surface area contributed by atoms with Gasteiger partial charge in [-0.1, -0.05) is 15.9 Å². The molecule has 7 heteroatoms. The number of anilines is 1. The molecule has 3 nitrogen and oxygen atoms in total. The van der Waals surface area contributed by atoms with Crippen LogP contribution in [0.1, 0.15) is 5.56 Å². The zero-order valence-electron chi connectivity index (χ0n) is 9.95. The van der Waals surface area contributed by atoms with Crippen molar-refractivity contribution in [1.29, 1.82) is 0 Å². The average molecular weight is 340 g/mol. The van der Waals surface area contributed by atoms with Crippen molar-refractivity contribution in [3.63, 3.8) is 0 Å². The van der Waals surface area contributed by atoms with Crippen molar-refractivity contribution in [3.05, 3.63) is 28.2 Å². The number of rotatable bonds is 2. The highest BCUT2D eigenvalue weighted by Gasteiger charge is 2.37. The molecule has 0 saturated carbocycles. The first-order valence-electron chi connectivity index (χ1n) is 5.75. The van der Waals surface area contributed by atoms with Crippen molar-refractivity contribution in [2.75, 3.05) is 31.3 Å². The van der Waals surface area contributed by atoms with Crippen LogP contribution in [0.2, 0.25) is 0 Å². The van der Waals surface area contributed by atoms with Crippen LogP contribution in [0.15, 0.2) is 22.7 Å². The van der Waals surface area contributed by atoms with Crippen LogP contribution in [0.3, 0.4) is 0 Å². The smallest absolute Gasteiger partial charge is 0.394 e. The van der Waals surface area contributed by atoms with Gasteiger partial charge in [0.15, 0.2) is 0 Å². The first kappa shape index (κ1) is 14.6. The maximum Gasteiger partial charge on any atom is 0.418 e. The molecule has 0 spiro atoms. The van der Waals surface area contributed by atoms with Crippen LogP contribution in [0, 0.1) is 0 Å². The number of alkyl halides is 3. The Balaban J connectivity index is 2.43. The quantitative estimate of drug-likeness (QED) is 0.899. The summed E-state index contributed by atoms with van der Waals surface area (Å²) in [7, 11) is 0. The predicted molar refractivity (Wildman–Crippen MR) is 68.2 cm³/mol. The zero-order chi connectivity index (χ0) is 14.0. The lowest BCUT2D eigenvalue weighted by Gasteiger charge is -2.37. The molecule has 0 aromatic heterocycles. The Hall–Kier alpha value is -0.790. The predicted octanol–water partition coefficient (Wildman–Crippen LogP) is 2.67. The number of benzene rings is 1. The molecule has 1 unspecified atom stereocenters. The van der Waals surface area contributed by atoms with E-state index in [1.807, 2.05) is 0 Å². The van der Waals surface area contributed by atoms with Gasteiger partial charge in [0, 0.05) is 16.7 Å². The number of hydrogen-bond donors (Lipinski definition) is 1. The van der Waals surface area contributed by atoms with E-state index in [0.717, 1.165) is 6.07 Å². The molecular formula is C12H13BrF3NO2. The van der Waals surface area contributed by atoms with Gasteiger partial charge in [-0.3, -0.25) is 0 Å². The topological polar surface area (TPSA) is 32.7 Å². The summed E-state index contributed by atoms with van der Waals surface area (Å²) in [6.45, 7) is 0.664. The van der Waals surface area contributed by atoms with Crippen molar-refractivity contribution in [3.8, 4) is 0 Å². The zero-order valence-corrected chi connectivity index (χ0v) is 11.5. The number of hydrogen-bond acceptors (Lipinski definition) is 3. The minimum Gasteiger partial charge on any atom is -0.394 e. The number of aliphatic hydroxyl groups is 1. The summed E-state index contributed by atoms with van der Waals surface area (Å²) in [6.07, 6.45) is -4.43. The monoisotopic (exact) mass is 339 g/mol. The lowest BCUT2D eigenvalue weighted by Crippen LogP contribution is -2.48. The molecule has 0 radical (unpaired) electrons. The van der Waals surface area contributed by atoms with E-state index in [4.69, 9.17) is 4.74 Å². The van der Waals surface area contributed by atoms with Gasteiger partial charge in [0.25, 0.3) is 0 Å². The van der Waals surface area contributed by atoms with Crippen LogP contribution in [0.25, 0.3) is 0 Å². The van der Waals surface area contributed by atoms with Crippen molar-refractivity contribution in [2.45, 2.75) is 12.2 Å². The van der Waals surface area contributed by atoms with Crippen molar-refractivity contribution >= 4 is 21.6 Å². The molecular weight excluding hydrogens is 327 g/mol. The van der Waals surface area contributed by atoms with Crippen LogP contribution < -0.4 is 4.90 Å². The maximum absolute atomic E-state index is 13.1. The Morgan fingerprint density at radius 1 is 1.42 bits per heavy atom. The summed E-state index contributed by atoms with van der Waals surface area (Å²) in [5.74, 6) is 0. The van der Waals surface area contributed by atoms with Crippen LogP contribution in [0.5, 0.6) is 0 Å². The standard InChI is InChI=1S/C12H13BrF3NO2/c13-8-1-2-11(10(5-8)12(14,15)16)17-3-4-19-7-9(17)6-18/h1-2,5,9,18H,3-4,6-7H2. The van der Waals surface area contributed by atoms with E-state index in [0.29, 0.717) is 17.6 Å². The fourth-order valence-corrected chi connectivity index (χ4v) is 2.47. The van der Waals surface area contributed by atoms with Gasteiger partial charge in [-0.15, -0.1) is 0 Å². The minimum atomic E-state index is -4.43. The molecule has 19 heavy (non-hydrogen) atoms. The van der Waals surface area contributed by atoms with E-state index in [1.54, 1.807) is 11.0 Å². The van der Waals surface area contributed by atoms with E-state index in [2.05, 4.69) is 15.9 Å². The highest BCUT2D eigenvalue weighted by atomic mass is 79.9. The van der Waals surface area contributed by atoms with Crippen molar-refractivity contribution in [1.82, 2.24) is 0 Å². The Morgan fingerprint density at radius 3 is 2.79 bits per heavy atom. The van der Waals surface area contributed by atoms with Gasteiger partial charge in [-0.05, 0) is 18.2 Å². The SMILES string of the molecule is OCC1COCCN1c1ccc(Br)cc1C(F)(F)F. The van der Waals surface area contributed by atoms with E-state index in [1.165, 1.54) is 6.07 Å². The summed E-state index contributed by atoms with van der Waals surface area (Å²) in [5.41, 5.74) is -0.625. The van der Waals surface area contributed by atoms with Crippen LogP contribution in [0.4, 0.5) is 18.9 Å². The Morgan fingerprint density at radius 2 is 2.16 bits per heavy atom. The van der Waals surface area contributed by atoms with E-state index >= 15 is 0 Å². The molecule has 1 aliphatic rings. The summed E-state index contributed by atoms with van der Waals surface area (Å²) < 4.78 is 44.8. The van der Waals surface area contributed by atoms with E-state index in [-0.39, 0.29) is 18.9 Å². The van der Waals surface area contributed by atoms with Crippen molar-refractivity contribution in [2.24, 2.45) is 0 Å². The molecule has 2 rings (SSSR count). The van der Waals surface area contributed by atoms with Gasteiger partial charge in [-0.25, -0.2) is 0 Å². The van der Waals surface area contributed by atoms with Gasteiger partial charge >= 0.3 is 6.18 Å². The third kappa shape index (κ3) is 3.21. The van der Waals surface area contributed by atoms with Gasteiger partial charge < -0.3 is 14.7 Å². The van der Waals surface area contributed by atoms with Crippen molar-refractivity contribution < 1.29 is 23.0 Å². The third-order valence-corrected chi connectivity index (χ3v) is 3.50. The molecule has 106 valence electrons. The minimum absolute atomic E-state index is 0.0815. The number of morpholine rings is 1. The van der Waals surface area contributed by atoms with Crippen LogP contribution in [-0.2, 0) is 10.9 Å². The number of ether oxygens (including phenoxy) is 1. The van der Waals surface area contributed by atoms with Gasteiger partial charge in [0.05, 0.1) is 31.4 Å². The molecule has 0 bridgehead atoms. The molecule has 1 fully saturated rings. The first-order chi connectivity index (χ1) is 8.93. The molecule has 1 N–H and O–H groups in total. The van der Waals surface area contributed by atoms with Crippen LogP contribution >= 0.6 is 15.9 Å². The first-order valence-corrected chi connectivity index (χ1v) is 6.55. The normalized spacial score (nSPS) is 20.7. The van der Waals surface area contributed by atoms with Gasteiger partial charge in [0.2, 0.25) is 0 Å². The van der Waals surface area contributed by atoms with Gasteiger partial charge in [-0.2, -0.15) is 13.2 Å². The van der Waals surface area contributed by atoms with E-state index < -0.39 is 17.8 Å². The molecule has 0 amide bonds. The molecule has 1 heterocycles. The Bertz CT molecular complexity index is 453. The van der Waals surface area contributed by atoms with Crippen LogP contribution in [-0.4, -0.2) is 37.5 Å². The maximum atomic E-state index is 13.1. The highest BCUT2D eigenvalue weighted by Crippen LogP contribution is 2.39. The summed E-state index contributed by atoms with van der Waals surface area (Å²) in [5, 5.41) is 9.26. The lowest BCUT2D eigenvalue weighted by atomic mass is 10.1. The second-order valence-corrected chi connectivity index (χ2v) is 5.18. The third-order valence-electron chi connectivity index (χ3n) is 3.01. The summed E-state index contributed by atoms with van der Waals surface area (Å²) >= 11 is 3.05. The molecule has 1 aromatic carbocycles. The second-order valence-electron chi connectivity index (χ2n) is 4.26. The fraction of sp³-hybridized carbons (Fsp3) is 0.500. The van der Waals surface area contributed by atoms with E-state index in [9.17, 15) is 18.3 Å². The largest absolute Gasteiger partial charge is 0.418 e. The average Bonchev–Trinajstić information content (AvgIpc) is 2.37. The molecule has 1 atom stereocenters. The molecule has 1 saturated heterocycles. The second kappa shape index (κ2) is 5.68. The highest BCUT2D eigenvalue weighted by molar-refractivity contribution is 9.10. The Kier molecular flexibility index (Phi) is 4.37. The fourth-order valence-electron chi connectivity index (χ4n) is 2.11. The molecule has 0 aliphatic carbocycles. The number of aliphatic hydroxyl groups excluding tert-OH is 1. The summed E-state index contributed by atoms with van der Waals surface area (Å²) in [4.78, 5) is 1.55. The number of halogens is 4. The Labute approximate surface area is 117 Å². The van der Waals surface area contributed by atoms with Gasteiger partial charge in [0.1, 0.15) is 0 Å². The number of nitrogens with zero attached hydrogens (tertiary/aromatic N) is 1. The molecule has 1 aromatic rings.